The molecule has 3 heterocycles. The van der Waals surface area contributed by atoms with E-state index >= 15 is 0 Å². The van der Waals surface area contributed by atoms with Gasteiger partial charge in [-0.3, -0.25) is 9.69 Å². The number of amides is 1. The number of thioether (sulfide) groups is 1. The molecular weight excluding hydrogens is 422 g/mol. The van der Waals surface area contributed by atoms with Crippen molar-refractivity contribution in [3.8, 4) is 0 Å². The van der Waals surface area contributed by atoms with Crippen LogP contribution in [0.5, 0.6) is 0 Å². The second kappa shape index (κ2) is 9.54. The van der Waals surface area contributed by atoms with Crippen LogP contribution in [0, 0.1) is 0 Å². The van der Waals surface area contributed by atoms with Crippen molar-refractivity contribution >= 4 is 28.7 Å². The summed E-state index contributed by atoms with van der Waals surface area (Å²) in [7, 11) is 0. The molecule has 8 nitrogen and oxygen atoms in total. The van der Waals surface area contributed by atoms with Gasteiger partial charge in [0, 0.05) is 44.7 Å². The Hall–Kier alpha value is -3.17. The lowest BCUT2D eigenvalue weighted by molar-refractivity contribution is -0.133. The largest absolute Gasteiger partial charge is 0.339 e. The Morgan fingerprint density at radius 1 is 1.00 bits per heavy atom. The monoisotopic (exact) mass is 447 g/mol. The zero-order valence-corrected chi connectivity index (χ0v) is 18.5. The van der Waals surface area contributed by atoms with E-state index in [-0.39, 0.29) is 12.5 Å². The number of carbonyl (C=O) groups excluding carboxylic acids is 1. The highest BCUT2D eigenvalue weighted by Gasteiger charge is 2.21. The molecule has 164 valence electrons. The van der Waals surface area contributed by atoms with Crippen LogP contribution in [0.25, 0.3) is 11.0 Å². The van der Waals surface area contributed by atoms with Crippen LogP contribution in [0.4, 0.5) is 0 Å². The maximum atomic E-state index is 12.7. The smallest absolute Gasteiger partial charge is 0.244 e. The quantitative estimate of drug-likeness (QED) is 0.439. The molecule has 0 unspecified atom stereocenters. The van der Waals surface area contributed by atoms with E-state index in [4.69, 9.17) is 0 Å². The highest BCUT2D eigenvalue weighted by Crippen LogP contribution is 2.22. The van der Waals surface area contributed by atoms with Gasteiger partial charge >= 0.3 is 0 Å². The molecule has 1 aliphatic rings. The highest BCUT2D eigenvalue weighted by molar-refractivity contribution is 7.98. The summed E-state index contributed by atoms with van der Waals surface area (Å²) in [5.74, 6) is 0.734. The molecule has 0 bridgehead atoms. The lowest BCUT2D eigenvalue weighted by atomic mass is 10.2. The summed E-state index contributed by atoms with van der Waals surface area (Å²) in [5, 5.41) is 9.21. The molecule has 0 atom stereocenters. The maximum Gasteiger partial charge on any atom is 0.244 e. The predicted molar refractivity (Wildman–Crippen MR) is 124 cm³/mol. The number of aromatic amines is 1. The first-order valence-corrected chi connectivity index (χ1v) is 11.7. The van der Waals surface area contributed by atoms with Gasteiger partial charge in [0.25, 0.3) is 0 Å². The van der Waals surface area contributed by atoms with E-state index in [1.54, 1.807) is 16.4 Å². The van der Waals surface area contributed by atoms with E-state index in [0.29, 0.717) is 5.75 Å². The second-order valence-electron chi connectivity index (χ2n) is 7.90. The minimum Gasteiger partial charge on any atom is -0.339 e. The molecule has 0 saturated carbocycles. The summed E-state index contributed by atoms with van der Waals surface area (Å²) in [6.45, 7) is 4.41. The summed E-state index contributed by atoms with van der Waals surface area (Å²) in [5.41, 5.74) is 4.11. The lowest BCUT2D eigenvalue weighted by Gasteiger charge is -2.34. The number of piperazine rings is 1. The van der Waals surface area contributed by atoms with Gasteiger partial charge in [0.1, 0.15) is 6.54 Å². The molecule has 32 heavy (non-hydrogen) atoms. The molecule has 2 aromatic heterocycles. The number of fused-ring (bicyclic) bond motifs is 1. The van der Waals surface area contributed by atoms with E-state index in [0.717, 1.165) is 54.6 Å². The first-order chi connectivity index (χ1) is 15.7. The van der Waals surface area contributed by atoms with Gasteiger partial charge in [-0.2, -0.15) is 0 Å². The molecule has 5 rings (SSSR count). The first-order valence-electron chi connectivity index (χ1n) is 10.7. The summed E-state index contributed by atoms with van der Waals surface area (Å²) in [6.07, 6.45) is 1.85. The molecule has 0 aliphatic carbocycles. The highest BCUT2D eigenvalue weighted by atomic mass is 32.2. The number of carbonyl (C=O) groups is 1. The van der Waals surface area contributed by atoms with Crippen LogP contribution in [0.1, 0.15) is 11.3 Å². The fourth-order valence-electron chi connectivity index (χ4n) is 3.86. The van der Waals surface area contributed by atoms with Crippen LogP contribution in [-0.4, -0.2) is 66.8 Å². The van der Waals surface area contributed by atoms with Gasteiger partial charge in [-0.1, -0.05) is 59.4 Å². The van der Waals surface area contributed by atoms with E-state index in [1.165, 1.54) is 5.56 Å². The van der Waals surface area contributed by atoms with E-state index in [9.17, 15) is 4.79 Å². The minimum atomic E-state index is 0.0887. The number of aromatic nitrogens is 5. The Kier molecular flexibility index (Phi) is 6.17. The Morgan fingerprint density at radius 2 is 1.78 bits per heavy atom. The van der Waals surface area contributed by atoms with Crippen molar-refractivity contribution in [1.29, 1.82) is 0 Å². The summed E-state index contributed by atoms with van der Waals surface area (Å²) < 4.78 is 1.63. The van der Waals surface area contributed by atoms with Crippen molar-refractivity contribution in [2.45, 2.75) is 24.0 Å². The number of nitrogens with zero attached hydrogens (tertiary/aromatic N) is 6. The van der Waals surface area contributed by atoms with Crippen molar-refractivity contribution in [2.75, 3.05) is 26.2 Å². The first kappa shape index (κ1) is 20.7. The molecule has 0 spiro atoms. The third-order valence-electron chi connectivity index (χ3n) is 5.58. The predicted octanol–water partition coefficient (Wildman–Crippen LogP) is 2.79. The Labute approximate surface area is 190 Å². The summed E-state index contributed by atoms with van der Waals surface area (Å²) in [6, 6.07) is 18.4. The standard InChI is InChI=1S/C23H25N7OS/c31-22(29-12-10-28(11-13-29)14-18-6-2-1-3-7-18)16-30-15-19(26-27-30)17-32-23-24-20-8-4-5-9-21(20)25-23/h1-9,15H,10-14,16-17H2,(H,24,25). The molecular formula is C23H25N7OS. The van der Waals surface area contributed by atoms with E-state index in [2.05, 4.69) is 49.4 Å². The zero-order valence-electron chi connectivity index (χ0n) is 17.7. The van der Waals surface area contributed by atoms with Crippen molar-refractivity contribution < 1.29 is 4.79 Å². The number of H-pyrrole nitrogens is 1. The van der Waals surface area contributed by atoms with Gasteiger partial charge in [-0.25, -0.2) is 9.67 Å². The van der Waals surface area contributed by atoms with Crippen molar-refractivity contribution in [2.24, 2.45) is 0 Å². The van der Waals surface area contributed by atoms with Gasteiger partial charge < -0.3 is 9.88 Å². The number of nitrogens with one attached hydrogen (secondary N) is 1. The second-order valence-corrected chi connectivity index (χ2v) is 8.86. The molecule has 4 aromatic rings. The average molecular weight is 448 g/mol. The Balaban J connectivity index is 1.09. The average Bonchev–Trinajstić information content (AvgIpc) is 3.45. The normalized spacial score (nSPS) is 14.8. The van der Waals surface area contributed by atoms with Crippen LogP contribution in [-0.2, 0) is 23.6 Å². The Morgan fingerprint density at radius 3 is 2.59 bits per heavy atom. The molecule has 1 amide bonds. The fourth-order valence-corrected chi connectivity index (χ4v) is 4.62. The van der Waals surface area contributed by atoms with Gasteiger partial charge in [0.05, 0.1) is 16.7 Å². The van der Waals surface area contributed by atoms with Crippen LogP contribution in [0.15, 0.2) is 66.0 Å². The number of hydrogen-bond acceptors (Lipinski definition) is 6. The molecule has 9 heteroatoms. The zero-order chi connectivity index (χ0) is 21.8. The maximum absolute atomic E-state index is 12.7. The van der Waals surface area contributed by atoms with Crippen LogP contribution in [0.2, 0.25) is 0 Å². The molecule has 1 aliphatic heterocycles. The molecule has 1 fully saturated rings. The van der Waals surface area contributed by atoms with Crippen LogP contribution in [0.3, 0.4) is 0 Å². The number of imidazole rings is 1. The summed E-state index contributed by atoms with van der Waals surface area (Å²) in [4.78, 5) is 24.9. The van der Waals surface area contributed by atoms with Gasteiger partial charge in [-0.15, -0.1) is 5.10 Å². The summed E-state index contributed by atoms with van der Waals surface area (Å²) >= 11 is 1.58. The topological polar surface area (TPSA) is 82.9 Å². The van der Waals surface area contributed by atoms with Gasteiger partial charge in [0.2, 0.25) is 5.91 Å². The van der Waals surface area contributed by atoms with Crippen LogP contribution < -0.4 is 0 Å². The molecule has 1 saturated heterocycles. The van der Waals surface area contributed by atoms with E-state index < -0.39 is 0 Å². The van der Waals surface area contributed by atoms with Gasteiger partial charge in [-0.05, 0) is 17.7 Å². The van der Waals surface area contributed by atoms with Crippen molar-refractivity contribution in [1.82, 2.24) is 34.8 Å². The SMILES string of the molecule is O=C(Cn1cc(CSc2nc3ccccc3[nH]2)nn1)N1CCN(Cc2ccccc2)CC1. The minimum absolute atomic E-state index is 0.0887. The van der Waals surface area contributed by atoms with E-state index in [1.807, 2.05) is 41.4 Å². The van der Waals surface area contributed by atoms with Gasteiger partial charge in [0.15, 0.2) is 5.16 Å². The third kappa shape index (κ3) is 5.00. The third-order valence-corrected chi connectivity index (χ3v) is 6.49. The number of rotatable bonds is 7. The van der Waals surface area contributed by atoms with Crippen molar-refractivity contribution in [3.05, 3.63) is 72.1 Å². The lowest BCUT2D eigenvalue weighted by Crippen LogP contribution is -2.49. The number of hydrogen-bond donors (Lipinski definition) is 1. The fraction of sp³-hybridized carbons (Fsp3) is 0.304. The number of benzene rings is 2. The van der Waals surface area contributed by atoms with Crippen LogP contribution >= 0.6 is 11.8 Å². The molecule has 1 N–H and O–H groups in total. The number of para-hydroxylation sites is 2. The Bertz CT molecular complexity index is 1150. The van der Waals surface area contributed by atoms with Crippen molar-refractivity contribution in [3.63, 3.8) is 0 Å². The molecule has 0 radical (unpaired) electrons. The molecule has 2 aromatic carbocycles.